The Kier molecular flexibility index (Phi) is 7.22. The largest absolute Gasteiger partial charge is 0.507 e. The molecule has 2 amide bonds. The van der Waals surface area contributed by atoms with Gasteiger partial charge < -0.3 is 15.7 Å². The van der Waals surface area contributed by atoms with Crippen LogP contribution >= 0.6 is 0 Å². The molecule has 31 heavy (non-hydrogen) atoms. The highest BCUT2D eigenvalue weighted by Gasteiger charge is 2.22. The second kappa shape index (κ2) is 10.3. The van der Waals surface area contributed by atoms with Gasteiger partial charge in [-0.2, -0.15) is 0 Å². The number of hydrogen-bond donors (Lipinski definition) is 3. The minimum absolute atomic E-state index is 0.00665. The fraction of sp³-hybridized carbons (Fsp3) is 0.154. The number of benzene rings is 3. The number of rotatable bonds is 7. The summed E-state index contributed by atoms with van der Waals surface area (Å²) in [6.45, 7) is 3.71. The normalized spacial score (nSPS) is 12.3. The average molecular weight is 415 g/mol. The van der Waals surface area contributed by atoms with Crippen LogP contribution in [0.3, 0.4) is 0 Å². The van der Waals surface area contributed by atoms with Crippen LogP contribution in [0.5, 0.6) is 5.75 Å². The zero-order valence-corrected chi connectivity index (χ0v) is 17.6. The summed E-state index contributed by atoms with van der Waals surface area (Å²) in [4.78, 5) is 26.2. The van der Waals surface area contributed by atoms with Crippen LogP contribution in [0.25, 0.3) is 6.08 Å². The number of para-hydroxylation sites is 1. The van der Waals surface area contributed by atoms with Crippen LogP contribution in [0.4, 0.5) is 0 Å². The number of nitrogens with one attached hydrogen (secondary N) is 2. The SMILES string of the molecule is C[C@H](NC(=O)C(=Cc1ccccc1O)C(=O)N[C@@H](C)c1ccccc1)c1ccccc1. The molecule has 158 valence electrons. The topological polar surface area (TPSA) is 78.4 Å². The monoisotopic (exact) mass is 414 g/mol. The third-order valence-corrected chi connectivity index (χ3v) is 5.02. The summed E-state index contributed by atoms with van der Waals surface area (Å²) in [6.07, 6.45) is 1.41. The molecule has 0 aromatic heterocycles. The van der Waals surface area contributed by atoms with Crippen LogP contribution in [0.15, 0.2) is 90.5 Å². The number of amides is 2. The highest BCUT2D eigenvalue weighted by molar-refractivity contribution is 6.22. The minimum atomic E-state index is -0.516. The van der Waals surface area contributed by atoms with Gasteiger partial charge in [-0.15, -0.1) is 0 Å². The van der Waals surface area contributed by atoms with E-state index in [0.717, 1.165) is 11.1 Å². The van der Waals surface area contributed by atoms with E-state index in [-0.39, 0.29) is 23.4 Å². The maximum atomic E-state index is 13.1. The molecule has 0 saturated heterocycles. The fourth-order valence-corrected chi connectivity index (χ4v) is 3.20. The number of hydrogen-bond acceptors (Lipinski definition) is 3. The Labute approximate surface area is 182 Å². The van der Waals surface area contributed by atoms with Crippen molar-refractivity contribution in [2.75, 3.05) is 0 Å². The van der Waals surface area contributed by atoms with Crippen molar-refractivity contribution in [3.63, 3.8) is 0 Å². The molecule has 0 fully saturated rings. The first-order valence-corrected chi connectivity index (χ1v) is 10.2. The van der Waals surface area contributed by atoms with Crippen LogP contribution in [-0.4, -0.2) is 16.9 Å². The van der Waals surface area contributed by atoms with E-state index in [2.05, 4.69) is 10.6 Å². The first-order chi connectivity index (χ1) is 15.0. The molecular weight excluding hydrogens is 388 g/mol. The van der Waals surface area contributed by atoms with Crippen molar-refractivity contribution in [1.82, 2.24) is 10.6 Å². The summed E-state index contributed by atoms with van der Waals surface area (Å²) in [7, 11) is 0. The van der Waals surface area contributed by atoms with Crippen molar-refractivity contribution in [2.24, 2.45) is 0 Å². The van der Waals surface area contributed by atoms with Crippen molar-refractivity contribution >= 4 is 17.9 Å². The van der Waals surface area contributed by atoms with E-state index >= 15 is 0 Å². The van der Waals surface area contributed by atoms with Gasteiger partial charge in [0.05, 0.1) is 12.1 Å². The summed E-state index contributed by atoms with van der Waals surface area (Å²) >= 11 is 0. The lowest BCUT2D eigenvalue weighted by atomic mass is 10.0. The zero-order valence-electron chi connectivity index (χ0n) is 17.6. The van der Waals surface area contributed by atoms with Gasteiger partial charge in [0.15, 0.2) is 0 Å². The Morgan fingerprint density at radius 1 is 0.710 bits per heavy atom. The number of phenols is 1. The first kappa shape index (κ1) is 21.8. The Morgan fingerprint density at radius 2 is 1.13 bits per heavy atom. The van der Waals surface area contributed by atoms with Crippen molar-refractivity contribution in [3.8, 4) is 5.75 Å². The van der Waals surface area contributed by atoms with Crippen molar-refractivity contribution in [1.29, 1.82) is 0 Å². The number of aromatic hydroxyl groups is 1. The average Bonchev–Trinajstić information content (AvgIpc) is 2.79. The van der Waals surface area contributed by atoms with E-state index in [4.69, 9.17) is 0 Å². The summed E-state index contributed by atoms with van der Waals surface area (Å²) < 4.78 is 0. The summed E-state index contributed by atoms with van der Waals surface area (Å²) in [6, 6.07) is 25.0. The summed E-state index contributed by atoms with van der Waals surface area (Å²) in [5.74, 6) is -1.04. The molecule has 0 aliphatic carbocycles. The van der Waals surface area contributed by atoms with Gasteiger partial charge in [0.1, 0.15) is 11.3 Å². The smallest absolute Gasteiger partial charge is 0.257 e. The molecule has 0 aliphatic heterocycles. The molecule has 5 nitrogen and oxygen atoms in total. The van der Waals surface area contributed by atoms with E-state index in [9.17, 15) is 14.7 Å². The molecule has 3 N–H and O–H groups in total. The molecule has 3 rings (SSSR count). The minimum Gasteiger partial charge on any atom is -0.507 e. The van der Waals surface area contributed by atoms with E-state index in [1.54, 1.807) is 18.2 Å². The van der Waals surface area contributed by atoms with Gasteiger partial charge in [-0.3, -0.25) is 9.59 Å². The van der Waals surface area contributed by atoms with Crippen LogP contribution in [-0.2, 0) is 9.59 Å². The van der Waals surface area contributed by atoms with Gasteiger partial charge in [0.2, 0.25) is 0 Å². The summed E-state index contributed by atoms with van der Waals surface area (Å²) in [5, 5.41) is 15.9. The van der Waals surface area contributed by atoms with Crippen molar-refractivity contribution in [3.05, 3.63) is 107 Å². The standard InChI is InChI=1S/C26H26N2O3/c1-18(20-11-5-3-6-12-20)27-25(30)23(17-22-15-9-10-16-24(22)29)26(31)28-19(2)21-13-7-4-8-14-21/h3-19,29H,1-2H3,(H,27,30)(H,28,31)/t18-,19-/m0/s1. The fourth-order valence-electron chi connectivity index (χ4n) is 3.20. The first-order valence-electron chi connectivity index (χ1n) is 10.2. The lowest BCUT2D eigenvalue weighted by Crippen LogP contribution is -2.36. The quantitative estimate of drug-likeness (QED) is 0.302. The van der Waals surface area contributed by atoms with Crippen LogP contribution in [0, 0.1) is 0 Å². The van der Waals surface area contributed by atoms with Gasteiger partial charge >= 0.3 is 0 Å². The molecular formula is C26H26N2O3. The Balaban J connectivity index is 1.86. The Morgan fingerprint density at radius 3 is 1.58 bits per heavy atom. The Bertz CT molecular complexity index is 1000. The highest BCUT2D eigenvalue weighted by Crippen LogP contribution is 2.21. The maximum absolute atomic E-state index is 13.1. The summed E-state index contributed by atoms with van der Waals surface area (Å²) in [5.41, 5.74) is 2.17. The molecule has 0 saturated carbocycles. The van der Waals surface area contributed by atoms with Gasteiger partial charge in [-0.05, 0) is 37.1 Å². The molecule has 5 heteroatoms. The van der Waals surface area contributed by atoms with Crippen LogP contribution < -0.4 is 10.6 Å². The number of carbonyl (C=O) groups excluding carboxylic acids is 2. The van der Waals surface area contributed by atoms with Crippen molar-refractivity contribution in [2.45, 2.75) is 25.9 Å². The molecule has 3 aromatic carbocycles. The number of phenolic OH excluding ortho intramolecular Hbond substituents is 1. The van der Waals surface area contributed by atoms with Gasteiger partial charge in [0, 0.05) is 5.56 Å². The number of carbonyl (C=O) groups is 2. The zero-order chi connectivity index (χ0) is 22.2. The molecule has 0 aliphatic rings. The van der Waals surface area contributed by atoms with Gasteiger partial charge in [-0.25, -0.2) is 0 Å². The molecule has 0 unspecified atom stereocenters. The van der Waals surface area contributed by atoms with Crippen LogP contribution in [0.1, 0.15) is 42.6 Å². The second-order valence-corrected chi connectivity index (χ2v) is 7.33. The van der Waals surface area contributed by atoms with E-state index in [0.29, 0.717) is 5.56 Å². The molecule has 0 heterocycles. The lowest BCUT2D eigenvalue weighted by molar-refractivity contribution is -0.124. The second-order valence-electron chi connectivity index (χ2n) is 7.33. The van der Waals surface area contributed by atoms with E-state index in [1.165, 1.54) is 12.1 Å². The predicted octanol–water partition coefficient (Wildman–Crippen LogP) is 4.53. The molecule has 3 aromatic rings. The molecule has 0 spiro atoms. The van der Waals surface area contributed by atoms with E-state index < -0.39 is 11.8 Å². The lowest BCUT2D eigenvalue weighted by Gasteiger charge is -2.18. The molecule has 2 atom stereocenters. The van der Waals surface area contributed by atoms with Crippen LogP contribution in [0.2, 0.25) is 0 Å². The predicted molar refractivity (Wildman–Crippen MR) is 122 cm³/mol. The van der Waals surface area contributed by atoms with Crippen molar-refractivity contribution < 1.29 is 14.7 Å². The maximum Gasteiger partial charge on any atom is 0.257 e. The molecule has 0 radical (unpaired) electrons. The Hall–Kier alpha value is -3.86. The van der Waals surface area contributed by atoms with E-state index in [1.807, 2.05) is 74.5 Å². The van der Waals surface area contributed by atoms with Gasteiger partial charge in [0.25, 0.3) is 11.8 Å². The highest BCUT2D eigenvalue weighted by atomic mass is 16.3. The molecule has 0 bridgehead atoms. The van der Waals surface area contributed by atoms with Gasteiger partial charge in [-0.1, -0.05) is 78.9 Å². The third-order valence-electron chi connectivity index (χ3n) is 5.02. The third kappa shape index (κ3) is 5.82.